The summed E-state index contributed by atoms with van der Waals surface area (Å²) in [6.07, 6.45) is 0. The molecule has 1 N–H and O–H groups in total. The summed E-state index contributed by atoms with van der Waals surface area (Å²) in [5.41, 5.74) is 4.66. The molecule has 172 valence electrons. The van der Waals surface area contributed by atoms with E-state index in [0.29, 0.717) is 28.5 Å². The molecule has 2 heterocycles. The van der Waals surface area contributed by atoms with Gasteiger partial charge in [0.05, 0.1) is 19.2 Å². The molecule has 2 amide bonds. The van der Waals surface area contributed by atoms with Crippen molar-refractivity contribution in [1.29, 1.82) is 0 Å². The van der Waals surface area contributed by atoms with Gasteiger partial charge >= 0.3 is 0 Å². The molecule has 3 aromatic rings. The number of benzene rings is 3. The summed E-state index contributed by atoms with van der Waals surface area (Å²) >= 11 is 0. The van der Waals surface area contributed by atoms with Crippen molar-refractivity contribution in [2.75, 3.05) is 19.2 Å². The fourth-order valence-corrected chi connectivity index (χ4v) is 4.30. The van der Waals surface area contributed by atoms with Gasteiger partial charge in [-0.2, -0.15) is 0 Å². The van der Waals surface area contributed by atoms with Crippen LogP contribution in [0.5, 0.6) is 17.2 Å². The van der Waals surface area contributed by atoms with Gasteiger partial charge in [-0.25, -0.2) is 0 Å². The van der Waals surface area contributed by atoms with Crippen molar-refractivity contribution in [2.24, 2.45) is 0 Å². The second-order valence-corrected chi connectivity index (χ2v) is 8.27. The number of nitrogens with one attached hydrogen (secondary N) is 1. The summed E-state index contributed by atoms with van der Waals surface area (Å²) < 4.78 is 16.3. The van der Waals surface area contributed by atoms with Gasteiger partial charge in [-0.1, -0.05) is 42.0 Å². The van der Waals surface area contributed by atoms with Crippen molar-refractivity contribution in [3.8, 4) is 17.2 Å². The zero-order chi connectivity index (χ0) is 23.8. The Balaban J connectivity index is 1.56. The number of rotatable bonds is 6. The fourth-order valence-electron chi connectivity index (χ4n) is 4.30. The number of anilines is 1. The minimum absolute atomic E-state index is 0.0996. The molecule has 0 bridgehead atoms. The number of carbonyl (C=O) groups excluding carboxylic acids is 2. The van der Waals surface area contributed by atoms with Crippen LogP contribution in [0.15, 0.2) is 66.4 Å². The van der Waals surface area contributed by atoms with Crippen LogP contribution in [0.2, 0.25) is 0 Å². The van der Waals surface area contributed by atoms with Crippen LogP contribution >= 0.6 is 0 Å². The van der Waals surface area contributed by atoms with E-state index in [9.17, 15) is 9.59 Å². The van der Waals surface area contributed by atoms with Crippen LogP contribution in [0.4, 0.5) is 5.69 Å². The second kappa shape index (κ2) is 8.59. The molecular weight excluding hydrogens is 432 g/mol. The summed E-state index contributed by atoms with van der Waals surface area (Å²) in [6.45, 7) is 4.18. The number of aryl methyl sites for hydroxylation is 2. The van der Waals surface area contributed by atoms with E-state index in [-0.39, 0.29) is 24.9 Å². The predicted molar refractivity (Wildman–Crippen MR) is 128 cm³/mol. The van der Waals surface area contributed by atoms with E-state index in [1.165, 1.54) is 4.90 Å². The van der Waals surface area contributed by atoms with Crippen LogP contribution in [-0.2, 0) is 16.1 Å². The van der Waals surface area contributed by atoms with E-state index in [4.69, 9.17) is 14.2 Å². The van der Waals surface area contributed by atoms with E-state index >= 15 is 0 Å². The molecular formula is C27H24N2O5. The van der Waals surface area contributed by atoms with Crippen LogP contribution in [0.1, 0.15) is 22.3 Å². The van der Waals surface area contributed by atoms with Crippen molar-refractivity contribution < 1.29 is 23.8 Å². The Bertz CT molecular complexity index is 1340. The Morgan fingerprint density at radius 3 is 2.53 bits per heavy atom. The Hall–Kier alpha value is -4.26. The van der Waals surface area contributed by atoms with Crippen LogP contribution in [-0.4, -0.2) is 30.6 Å². The molecule has 5 rings (SSSR count). The van der Waals surface area contributed by atoms with Crippen LogP contribution in [0.3, 0.4) is 0 Å². The fraction of sp³-hybridized carbons (Fsp3) is 0.185. The van der Waals surface area contributed by atoms with Crippen LogP contribution in [0.25, 0.3) is 5.57 Å². The molecule has 0 unspecified atom stereocenters. The van der Waals surface area contributed by atoms with E-state index in [0.717, 1.165) is 22.3 Å². The lowest BCUT2D eigenvalue weighted by Gasteiger charge is -2.17. The van der Waals surface area contributed by atoms with Gasteiger partial charge in [0.25, 0.3) is 11.8 Å². The molecule has 0 saturated heterocycles. The number of carbonyl (C=O) groups is 2. The smallest absolute Gasteiger partial charge is 0.278 e. The monoisotopic (exact) mass is 456 g/mol. The zero-order valence-corrected chi connectivity index (χ0v) is 19.2. The van der Waals surface area contributed by atoms with Crippen molar-refractivity contribution in [3.05, 3.63) is 88.6 Å². The van der Waals surface area contributed by atoms with Gasteiger partial charge in [0.2, 0.25) is 6.79 Å². The molecule has 7 nitrogen and oxygen atoms in total. The normalized spacial score (nSPS) is 14.7. The highest BCUT2D eigenvalue weighted by molar-refractivity contribution is 6.36. The third-order valence-electron chi connectivity index (χ3n) is 5.98. The van der Waals surface area contributed by atoms with Gasteiger partial charge < -0.3 is 19.5 Å². The zero-order valence-electron chi connectivity index (χ0n) is 19.2. The summed E-state index contributed by atoms with van der Waals surface area (Å²) in [4.78, 5) is 28.5. The minimum Gasteiger partial charge on any atom is -0.496 e. The van der Waals surface area contributed by atoms with E-state index in [1.54, 1.807) is 25.3 Å². The lowest BCUT2D eigenvalue weighted by Crippen LogP contribution is -2.32. The quantitative estimate of drug-likeness (QED) is 0.553. The number of para-hydroxylation sites is 1. The molecule has 0 radical (unpaired) electrons. The average molecular weight is 456 g/mol. The maximum atomic E-state index is 13.7. The van der Waals surface area contributed by atoms with Crippen LogP contribution < -0.4 is 19.5 Å². The van der Waals surface area contributed by atoms with E-state index in [1.807, 2.05) is 56.3 Å². The third kappa shape index (κ3) is 3.75. The summed E-state index contributed by atoms with van der Waals surface area (Å²) in [5, 5.41) is 3.19. The molecule has 0 fully saturated rings. The van der Waals surface area contributed by atoms with Crippen LogP contribution in [0, 0.1) is 13.8 Å². The summed E-state index contributed by atoms with van der Waals surface area (Å²) in [6, 6.07) is 18.5. The number of nitrogens with zero attached hydrogens (tertiary/aromatic N) is 1. The lowest BCUT2D eigenvalue weighted by atomic mass is 9.97. The Morgan fingerprint density at radius 2 is 1.74 bits per heavy atom. The van der Waals surface area contributed by atoms with Crippen molar-refractivity contribution in [1.82, 2.24) is 4.90 Å². The number of methoxy groups -OCH3 is 1. The lowest BCUT2D eigenvalue weighted by molar-refractivity contribution is -0.137. The van der Waals surface area contributed by atoms with Crippen molar-refractivity contribution in [3.63, 3.8) is 0 Å². The predicted octanol–water partition coefficient (Wildman–Crippen LogP) is 4.43. The van der Waals surface area contributed by atoms with Gasteiger partial charge in [-0.05, 0) is 43.2 Å². The highest BCUT2D eigenvalue weighted by atomic mass is 16.7. The van der Waals surface area contributed by atoms with Gasteiger partial charge in [0, 0.05) is 17.3 Å². The molecule has 2 aliphatic heterocycles. The van der Waals surface area contributed by atoms with Crippen molar-refractivity contribution >= 4 is 23.1 Å². The topological polar surface area (TPSA) is 77.1 Å². The summed E-state index contributed by atoms with van der Waals surface area (Å²) in [5.74, 6) is 1.09. The number of fused-ring (bicyclic) bond motifs is 1. The highest BCUT2D eigenvalue weighted by Gasteiger charge is 2.40. The largest absolute Gasteiger partial charge is 0.496 e. The molecule has 34 heavy (non-hydrogen) atoms. The molecule has 3 aromatic carbocycles. The number of hydrogen-bond donors (Lipinski definition) is 1. The van der Waals surface area contributed by atoms with E-state index < -0.39 is 5.91 Å². The van der Waals surface area contributed by atoms with Gasteiger partial charge in [-0.15, -0.1) is 0 Å². The first kappa shape index (κ1) is 21.6. The highest BCUT2D eigenvalue weighted by Crippen LogP contribution is 2.37. The SMILES string of the molecule is COc1ccccc1CN1C(=O)C(Nc2ccc3c(c2)OCO3)=C(c2ccc(C)cc2C)C1=O. The number of ether oxygens (including phenoxy) is 3. The Kier molecular flexibility index (Phi) is 5.45. The first-order valence-corrected chi connectivity index (χ1v) is 10.9. The minimum atomic E-state index is -0.399. The van der Waals surface area contributed by atoms with Gasteiger partial charge in [0.1, 0.15) is 11.4 Å². The van der Waals surface area contributed by atoms with Gasteiger partial charge in [-0.3, -0.25) is 14.5 Å². The maximum absolute atomic E-state index is 13.7. The van der Waals surface area contributed by atoms with Crippen molar-refractivity contribution in [2.45, 2.75) is 20.4 Å². The number of imide groups is 1. The Morgan fingerprint density at radius 1 is 0.941 bits per heavy atom. The van der Waals surface area contributed by atoms with Gasteiger partial charge in [0.15, 0.2) is 11.5 Å². The molecule has 0 aliphatic carbocycles. The third-order valence-corrected chi connectivity index (χ3v) is 5.98. The summed E-state index contributed by atoms with van der Waals surface area (Å²) in [7, 11) is 1.57. The molecule has 0 spiro atoms. The molecule has 0 atom stereocenters. The number of amides is 2. The molecule has 0 saturated carbocycles. The number of hydrogen-bond acceptors (Lipinski definition) is 6. The first-order valence-electron chi connectivity index (χ1n) is 10.9. The molecule has 0 aromatic heterocycles. The Labute approximate surface area is 197 Å². The standard InChI is InChI=1S/C27H24N2O5/c1-16-8-10-20(17(2)12-16)24-25(28-19-9-11-22-23(13-19)34-15-33-22)27(31)29(26(24)30)14-18-6-4-5-7-21(18)32-3/h4-13,28H,14-15H2,1-3H3. The first-order chi connectivity index (χ1) is 16.5. The maximum Gasteiger partial charge on any atom is 0.278 e. The van der Waals surface area contributed by atoms with E-state index in [2.05, 4.69) is 5.32 Å². The second-order valence-electron chi connectivity index (χ2n) is 8.27. The molecule has 7 heteroatoms. The molecule has 2 aliphatic rings. The average Bonchev–Trinajstić information content (AvgIpc) is 3.38.